The molecular weight excluding hydrogens is 841 g/mol. The van der Waals surface area contributed by atoms with Gasteiger partial charge in [0.2, 0.25) is 11.8 Å². The Kier molecular flexibility index (Phi) is 27.3. The van der Waals surface area contributed by atoms with Crippen molar-refractivity contribution in [1.29, 1.82) is 0 Å². The molecule has 1 aromatic rings. The van der Waals surface area contributed by atoms with Crippen molar-refractivity contribution in [2.24, 2.45) is 5.73 Å². The van der Waals surface area contributed by atoms with Gasteiger partial charge in [-0.05, 0) is 82.5 Å². The average Bonchev–Trinajstić information content (AvgIpc) is 3.00. The van der Waals surface area contributed by atoms with Crippen molar-refractivity contribution in [3.05, 3.63) is 29.8 Å². The average molecular weight is 886 g/mol. The zero-order valence-electron chi connectivity index (χ0n) is 28.8. The van der Waals surface area contributed by atoms with Crippen LogP contribution in [-0.2, 0) is 46.4 Å². The van der Waals surface area contributed by atoms with E-state index in [4.69, 9.17) is 44.6 Å². The van der Waals surface area contributed by atoms with Crippen molar-refractivity contribution in [3.8, 4) is 5.75 Å². The molecule has 1 aromatic carbocycles. The van der Waals surface area contributed by atoms with Crippen LogP contribution in [0.4, 0.5) is 39.5 Å². The fraction of sp³-hybridized carbons (Fsp3) is 0.692. The highest BCUT2D eigenvalue weighted by molar-refractivity contribution is 7.87. The molecule has 1 atom stereocenters. The van der Waals surface area contributed by atoms with Crippen LogP contribution < -0.4 is 27.0 Å². The van der Waals surface area contributed by atoms with E-state index in [9.17, 15) is 54.2 Å². The van der Waals surface area contributed by atoms with Crippen LogP contribution in [0.5, 0.6) is 5.75 Å². The number of phenolic OH excluding ortho intramolecular Hbond substituents is 1. The minimum absolute atomic E-state index is 0.124. The zero-order valence-corrected chi connectivity index (χ0v) is 31.3. The number of hydrogen-bond acceptors (Lipinski definition) is 12. The Morgan fingerprint density at radius 2 is 1.04 bits per heavy atom. The third-order valence-corrected chi connectivity index (χ3v) is 7.48. The molecule has 0 heterocycles. The summed E-state index contributed by atoms with van der Waals surface area (Å²) in [4.78, 5) is 24.7. The number of alkyl halides is 9. The van der Waals surface area contributed by atoms with E-state index >= 15 is 0 Å². The van der Waals surface area contributed by atoms with Gasteiger partial charge in [-0.3, -0.25) is 23.2 Å². The van der Waals surface area contributed by atoms with Gasteiger partial charge in [-0.2, -0.15) is 64.8 Å². The van der Waals surface area contributed by atoms with Crippen molar-refractivity contribution in [2.45, 2.75) is 74.4 Å². The second-order valence-corrected chi connectivity index (χ2v) is 14.7. The van der Waals surface area contributed by atoms with Crippen LogP contribution in [-0.4, -0.2) is 118 Å². The molecule has 29 heteroatoms. The molecule has 0 unspecified atom stereocenters. The maximum Gasteiger partial charge on any atom is 0.522 e. The van der Waals surface area contributed by atoms with E-state index < -0.39 is 52.9 Å². The molecule has 0 saturated carbocycles. The lowest BCUT2D eigenvalue weighted by atomic mass is 10.0. The Bertz CT molecular complexity index is 1460. The second-order valence-electron chi connectivity index (χ2n) is 10.5. The van der Waals surface area contributed by atoms with Gasteiger partial charge in [-0.15, -0.1) is 0 Å². The van der Waals surface area contributed by atoms with E-state index in [1.807, 2.05) is 6.92 Å². The van der Waals surface area contributed by atoms with Crippen LogP contribution in [0.25, 0.3) is 0 Å². The summed E-state index contributed by atoms with van der Waals surface area (Å²) in [6, 6.07) is 6.07. The van der Waals surface area contributed by atoms with Gasteiger partial charge in [0.15, 0.2) is 0 Å². The molecule has 326 valence electrons. The number of halogens is 9. The minimum atomic E-state index is -5.84. The number of nitrogens with two attached hydrogens (primary N) is 1. The summed E-state index contributed by atoms with van der Waals surface area (Å²) in [7, 11) is -17.5. The normalized spacial score (nSPS) is 12.8. The molecule has 0 fully saturated rings. The summed E-state index contributed by atoms with van der Waals surface area (Å²) in [5.74, 6) is -0.128. The van der Waals surface area contributed by atoms with E-state index in [1.54, 1.807) is 24.3 Å². The second kappa shape index (κ2) is 26.7. The fourth-order valence-electron chi connectivity index (χ4n) is 3.10. The summed E-state index contributed by atoms with van der Waals surface area (Å²) in [6.45, 7) is 7.02. The molecule has 0 aliphatic carbocycles. The van der Waals surface area contributed by atoms with Crippen molar-refractivity contribution in [1.82, 2.24) is 21.3 Å². The lowest BCUT2D eigenvalue weighted by Gasteiger charge is -2.19. The van der Waals surface area contributed by atoms with Gasteiger partial charge in [0.05, 0.1) is 0 Å². The standard InChI is InChI=1S/C23H41N5O3.3CHF3O3S/c1-2-7-22(30)28-21(18-19-8-10-20(29)11-9-19)23(31)27-17-6-16-26-14-4-3-13-25-15-5-12-24;3*2-1(3,4)8(5,6)7/h8-11,21,25-26,29H,2-7,12-18,24H2,1H3,(H,27,31)(H,28,30);3*(H,5,6,7)/t21-;;;/m0.../s1. The van der Waals surface area contributed by atoms with Gasteiger partial charge in [0.1, 0.15) is 11.8 Å². The summed E-state index contributed by atoms with van der Waals surface area (Å²) in [5.41, 5.74) is -10.3. The molecule has 10 N–H and O–H groups in total. The first-order valence-corrected chi connectivity index (χ1v) is 19.7. The number of rotatable bonds is 18. The van der Waals surface area contributed by atoms with Crippen LogP contribution in [0.1, 0.15) is 51.0 Å². The van der Waals surface area contributed by atoms with Gasteiger partial charge in [-0.25, -0.2) is 0 Å². The smallest absolute Gasteiger partial charge is 0.508 e. The van der Waals surface area contributed by atoms with E-state index in [-0.39, 0.29) is 17.6 Å². The van der Waals surface area contributed by atoms with Gasteiger partial charge >= 0.3 is 46.9 Å². The van der Waals surface area contributed by atoms with E-state index in [0.29, 0.717) is 19.4 Å². The van der Waals surface area contributed by atoms with Crippen molar-refractivity contribution in [3.63, 3.8) is 0 Å². The van der Waals surface area contributed by atoms with E-state index in [0.717, 1.165) is 70.4 Å². The first-order valence-electron chi connectivity index (χ1n) is 15.4. The predicted octanol–water partition coefficient (Wildman–Crippen LogP) is 2.22. The molecule has 0 spiro atoms. The highest BCUT2D eigenvalue weighted by Gasteiger charge is 2.45. The SMILES string of the molecule is CCCC(=O)N[C@@H](Cc1ccc(O)cc1)C(=O)NCCCNCCCCNCCCN.O=S(=O)(O)C(F)(F)F.O=S(=O)(O)C(F)(F)F.O=S(=O)(O)C(F)(F)F. The van der Waals surface area contributed by atoms with E-state index in [2.05, 4.69) is 21.3 Å². The summed E-state index contributed by atoms with van der Waals surface area (Å²) in [5, 5.41) is 21.9. The number of phenols is 1. The number of amides is 2. The Labute approximate surface area is 311 Å². The molecule has 0 aliphatic rings. The highest BCUT2D eigenvalue weighted by Crippen LogP contribution is 2.22. The largest absolute Gasteiger partial charge is 0.522 e. The maximum absolute atomic E-state index is 12.6. The molecule has 2 amide bonds. The highest BCUT2D eigenvalue weighted by atomic mass is 32.2. The molecule has 0 bridgehead atoms. The number of unbranched alkanes of at least 4 members (excludes halogenated alkanes) is 1. The van der Waals surface area contributed by atoms with Crippen LogP contribution >= 0.6 is 0 Å². The lowest BCUT2D eigenvalue weighted by molar-refractivity contribution is -0.129. The number of benzene rings is 1. The summed E-state index contributed by atoms with van der Waals surface area (Å²) in [6.07, 6.45) is 5.60. The molecule has 0 aliphatic heterocycles. The zero-order chi connectivity index (χ0) is 43.7. The minimum Gasteiger partial charge on any atom is -0.508 e. The van der Waals surface area contributed by atoms with Gasteiger partial charge in [-0.1, -0.05) is 19.1 Å². The number of carbonyl (C=O) groups is 2. The Hall–Kier alpha value is -3.06. The van der Waals surface area contributed by atoms with E-state index in [1.165, 1.54) is 0 Å². The maximum atomic E-state index is 12.6. The quantitative estimate of drug-likeness (QED) is 0.0442. The predicted molar refractivity (Wildman–Crippen MR) is 178 cm³/mol. The summed E-state index contributed by atoms with van der Waals surface area (Å²) < 4.78 is 173. The number of carbonyl (C=O) groups excluding carboxylic acids is 2. The molecule has 1 rings (SSSR count). The van der Waals surface area contributed by atoms with Crippen LogP contribution in [0, 0.1) is 0 Å². The number of aromatic hydroxyl groups is 1. The molecule has 17 nitrogen and oxygen atoms in total. The fourth-order valence-corrected chi connectivity index (χ4v) is 3.10. The molecular formula is C26H44F9N5O12S3. The van der Waals surface area contributed by atoms with Crippen LogP contribution in [0.2, 0.25) is 0 Å². The monoisotopic (exact) mass is 885 g/mol. The third-order valence-electron chi connectivity index (χ3n) is 5.73. The van der Waals surface area contributed by atoms with Crippen molar-refractivity contribution in [2.75, 3.05) is 39.3 Å². The molecule has 0 radical (unpaired) electrons. The summed E-state index contributed by atoms with van der Waals surface area (Å²) >= 11 is 0. The Morgan fingerprint density at radius 3 is 1.38 bits per heavy atom. The Balaban J connectivity index is -0.000000904. The topological polar surface area (TPSA) is 292 Å². The van der Waals surface area contributed by atoms with Gasteiger partial charge in [0, 0.05) is 19.4 Å². The Morgan fingerprint density at radius 1 is 0.673 bits per heavy atom. The van der Waals surface area contributed by atoms with Gasteiger partial charge in [0.25, 0.3) is 0 Å². The molecule has 55 heavy (non-hydrogen) atoms. The number of nitrogens with one attached hydrogen (secondary N) is 4. The first-order chi connectivity index (χ1) is 24.8. The van der Waals surface area contributed by atoms with Crippen molar-refractivity contribution < 1.29 is 93.1 Å². The van der Waals surface area contributed by atoms with Crippen LogP contribution in [0.3, 0.4) is 0 Å². The van der Waals surface area contributed by atoms with Crippen LogP contribution in [0.15, 0.2) is 24.3 Å². The number of hydrogen-bond donors (Lipinski definition) is 9. The molecule has 0 aromatic heterocycles. The molecule has 0 saturated heterocycles. The lowest BCUT2D eigenvalue weighted by Crippen LogP contribution is -2.48. The van der Waals surface area contributed by atoms with Crippen molar-refractivity contribution >= 4 is 42.2 Å². The third kappa shape index (κ3) is 30.8. The van der Waals surface area contributed by atoms with Gasteiger partial charge < -0.3 is 32.1 Å². The first kappa shape index (κ1) is 56.3.